The van der Waals surface area contributed by atoms with Gasteiger partial charge in [-0.05, 0) is 38.8 Å². The molecule has 8 heteroatoms. The molecule has 0 saturated carbocycles. The molecule has 1 fully saturated rings. The third kappa shape index (κ3) is 3.30. The molecule has 0 bridgehead atoms. The van der Waals surface area contributed by atoms with Gasteiger partial charge < -0.3 is 20.3 Å². The Bertz CT molecular complexity index is 1140. The Labute approximate surface area is 166 Å². The van der Waals surface area contributed by atoms with Gasteiger partial charge in [-0.2, -0.15) is 0 Å². The normalized spacial score (nSPS) is 17.6. The van der Waals surface area contributed by atoms with Gasteiger partial charge in [0, 0.05) is 22.8 Å². The van der Waals surface area contributed by atoms with Crippen LogP contribution in [0.25, 0.3) is 21.8 Å². The van der Waals surface area contributed by atoms with E-state index >= 15 is 0 Å². The quantitative estimate of drug-likeness (QED) is 0.628. The molecule has 3 N–H and O–H groups in total. The van der Waals surface area contributed by atoms with Gasteiger partial charge in [0.05, 0.1) is 11.2 Å². The highest BCUT2D eigenvalue weighted by atomic mass is 16.4. The number of aromatic amines is 1. The molecule has 2 amide bonds. The fourth-order valence-corrected chi connectivity index (χ4v) is 3.99. The van der Waals surface area contributed by atoms with Crippen molar-refractivity contribution in [3.05, 3.63) is 41.7 Å². The summed E-state index contributed by atoms with van der Waals surface area (Å²) in [7, 11) is 0. The van der Waals surface area contributed by atoms with Gasteiger partial charge in [0.1, 0.15) is 17.8 Å². The van der Waals surface area contributed by atoms with E-state index in [1.54, 1.807) is 13.0 Å². The van der Waals surface area contributed by atoms with Crippen LogP contribution in [0.5, 0.6) is 0 Å². The number of para-hydroxylation sites is 1. The number of hydrogen-bond acceptors (Lipinski definition) is 4. The van der Waals surface area contributed by atoms with Crippen LogP contribution in [-0.2, 0) is 9.59 Å². The number of carbonyl (C=O) groups is 3. The average Bonchev–Trinajstić information content (AvgIpc) is 3.32. The molecule has 1 aliphatic rings. The van der Waals surface area contributed by atoms with Gasteiger partial charge in [-0.1, -0.05) is 18.2 Å². The second-order valence-corrected chi connectivity index (χ2v) is 7.41. The second kappa shape index (κ2) is 7.20. The van der Waals surface area contributed by atoms with Crippen molar-refractivity contribution in [1.82, 2.24) is 20.2 Å². The smallest absolute Gasteiger partial charge is 0.326 e. The maximum atomic E-state index is 12.8. The fraction of sp³-hybridized carbons (Fsp3) is 0.333. The van der Waals surface area contributed by atoms with E-state index in [4.69, 9.17) is 0 Å². The van der Waals surface area contributed by atoms with Crippen LogP contribution in [0.2, 0.25) is 0 Å². The largest absolute Gasteiger partial charge is 0.480 e. The van der Waals surface area contributed by atoms with Crippen molar-refractivity contribution < 1.29 is 19.5 Å². The van der Waals surface area contributed by atoms with Crippen molar-refractivity contribution in [2.45, 2.75) is 38.8 Å². The first-order valence-corrected chi connectivity index (χ1v) is 9.59. The van der Waals surface area contributed by atoms with Gasteiger partial charge in [0.25, 0.3) is 5.91 Å². The lowest BCUT2D eigenvalue weighted by molar-refractivity contribution is -0.148. The minimum Gasteiger partial charge on any atom is -0.480 e. The number of likely N-dealkylation sites (tertiary alicyclic amines) is 1. The number of nitrogens with zero attached hydrogens (tertiary/aromatic N) is 2. The summed E-state index contributed by atoms with van der Waals surface area (Å²) in [4.78, 5) is 45.8. The highest BCUT2D eigenvalue weighted by molar-refractivity contribution is 6.10. The Morgan fingerprint density at radius 1 is 1.28 bits per heavy atom. The van der Waals surface area contributed by atoms with Crippen LogP contribution in [0.3, 0.4) is 0 Å². The lowest BCUT2D eigenvalue weighted by Crippen LogP contribution is -2.50. The second-order valence-electron chi connectivity index (χ2n) is 7.41. The van der Waals surface area contributed by atoms with Crippen molar-refractivity contribution in [2.75, 3.05) is 6.54 Å². The first kappa shape index (κ1) is 18.9. The summed E-state index contributed by atoms with van der Waals surface area (Å²) in [5.74, 6) is -1.88. The van der Waals surface area contributed by atoms with Crippen LogP contribution in [0, 0.1) is 6.92 Å². The van der Waals surface area contributed by atoms with Gasteiger partial charge in [-0.25, -0.2) is 9.78 Å². The number of nitrogens with one attached hydrogen (secondary N) is 2. The number of rotatable bonds is 4. The fourth-order valence-electron chi connectivity index (χ4n) is 3.99. The number of carboxylic acids is 1. The molecule has 29 heavy (non-hydrogen) atoms. The molecule has 8 nitrogen and oxygen atoms in total. The first-order chi connectivity index (χ1) is 13.9. The summed E-state index contributed by atoms with van der Waals surface area (Å²) in [5, 5.41) is 13.8. The number of pyridine rings is 1. The van der Waals surface area contributed by atoms with Crippen molar-refractivity contribution in [3.8, 4) is 0 Å². The molecular weight excluding hydrogens is 372 g/mol. The standard InChI is InChI=1S/C21H22N4O4/c1-11-18-14(13-6-3-4-7-15(13)24-18)10-16(22-11)19(26)23-12(2)20(27)25-9-5-8-17(25)21(28)29/h3-4,6-7,10,12,17,24H,5,8-9H2,1-2H3,(H,23,26)(H,28,29). The predicted molar refractivity (Wildman–Crippen MR) is 108 cm³/mol. The Hall–Kier alpha value is -3.42. The lowest BCUT2D eigenvalue weighted by Gasteiger charge is -2.25. The van der Waals surface area contributed by atoms with Crippen LogP contribution in [-0.4, -0.2) is 56.4 Å². The molecule has 0 radical (unpaired) electrons. The molecule has 1 aliphatic heterocycles. The zero-order chi connectivity index (χ0) is 20.7. The summed E-state index contributed by atoms with van der Waals surface area (Å²) in [5.41, 5.74) is 2.74. The zero-order valence-electron chi connectivity index (χ0n) is 16.2. The van der Waals surface area contributed by atoms with Crippen LogP contribution in [0.1, 0.15) is 35.9 Å². The van der Waals surface area contributed by atoms with E-state index in [1.165, 1.54) is 4.90 Å². The Kier molecular flexibility index (Phi) is 4.70. The average molecular weight is 394 g/mol. The number of amides is 2. The summed E-state index contributed by atoms with van der Waals surface area (Å²) >= 11 is 0. The predicted octanol–water partition coefficient (Wildman–Crippen LogP) is 2.22. The molecule has 2 atom stereocenters. The van der Waals surface area contributed by atoms with E-state index in [0.29, 0.717) is 25.1 Å². The lowest BCUT2D eigenvalue weighted by atomic mass is 10.1. The van der Waals surface area contributed by atoms with E-state index in [9.17, 15) is 19.5 Å². The number of aliphatic carboxylic acids is 1. The Morgan fingerprint density at radius 2 is 2.03 bits per heavy atom. The van der Waals surface area contributed by atoms with Gasteiger partial charge in [-0.3, -0.25) is 9.59 Å². The monoisotopic (exact) mass is 394 g/mol. The SMILES string of the molecule is Cc1nc(C(=O)NC(C)C(=O)N2CCCC2C(=O)O)cc2c1[nH]c1ccccc12. The maximum absolute atomic E-state index is 12.8. The highest BCUT2D eigenvalue weighted by Gasteiger charge is 2.36. The maximum Gasteiger partial charge on any atom is 0.326 e. The Balaban J connectivity index is 1.58. The topological polar surface area (TPSA) is 115 Å². The van der Waals surface area contributed by atoms with E-state index in [-0.39, 0.29) is 5.69 Å². The number of benzene rings is 1. The van der Waals surface area contributed by atoms with Gasteiger partial charge in [0.2, 0.25) is 5.91 Å². The van der Waals surface area contributed by atoms with E-state index in [1.807, 2.05) is 31.2 Å². The van der Waals surface area contributed by atoms with Gasteiger partial charge in [-0.15, -0.1) is 0 Å². The van der Waals surface area contributed by atoms with Gasteiger partial charge >= 0.3 is 5.97 Å². The molecular formula is C21H22N4O4. The van der Waals surface area contributed by atoms with Crippen LogP contribution < -0.4 is 5.32 Å². The van der Waals surface area contributed by atoms with Crippen molar-refractivity contribution in [3.63, 3.8) is 0 Å². The summed E-state index contributed by atoms with van der Waals surface area (Å²) in [6.07, 6.45) is 1.07. The number of carboxylic acid groups (broad SMARTS) is 1. The number of aryl methyl sites for hydroxylation is 1. The van der Waals surface area contributed by atoms with Crippen LogP contribution in [0.4, 0.5) is 0 Å². The van der Waals surface area contributed by atoms with Crippen molar-refractivity contribution in [2.24, 2.45) is 0 Å². The van der Waals surface area contributed by atoms with E-state index in [0.717, 1.165) is 21.8 Å². The zero-order valence-corrected chi connectivity index (χ0v) is 16.2. The van der Waals surface area contributed by atoms with E-state index in [2.05, 4.69) is 15.3 Å². The number of aromatic nitrogens is 2. The minimum absolute atomic E-state index is 0.218. The van der Waals surface area contributed by atoms with Crippen LogP contribution >= 0.6 is 0 Å². The number of fused-ring (bicyclic) bond motifs is 3. The third-order valence-electron chi connectivity index (χ3n) is 5.45. The Morgan fingerprint density at radius 3 is 2.79 bits per heavy atom. The van der Waals surface area contributed by atoms with E-state index < -0.39 is 29.9 Å². The molecule has 2 aromatic heterocycles. The minimum atomic E-state index is -1.02. The van der Waals surface area contributed by atoms with Crippen LogP contribution in [0.15, 0.2) is 30.3 Å². The molecule has 150 valence electrons. The first-order valence-electron chi connectivity index (χ1n) is 9.59. The molecule has 0 spiro atoms. The van der Waals surface area contributed by atoms with Crippen molar-refractivity contribution >= 4 is 39.6 Å². The number of hydrogen-bond donors (Lipinski definition) is 3. The number of H-pyrrole nitrogens is 1. The molecule has 3 heterocycles. The third-order valence-corrected chi connectivity index (χ3v) is 5.45. The number of carbonyl (C=O) groups excluding carboxylic acids is 2. The summed E-state index contributed by atoms with van der Waals surface area (Å²) < 4.78 is 0. The molecule has 2 unspecified atom stereocenters. The summed E-state index contributed by atoms with van der Waals surface area (Å²) in [6, 6.07) is 7.84. The molecule has 0 aliphatic carbocycles. The molecule has 3 aromatic rings. The summed E-state index contributed by atoms with van der Waals surface area (Å²) in [6.45, 7) is 3.77. The van der Waals surface area contributed by atoms with Crippen molar-refractivity contribution in [1.29, 1.82) is 0 Å². The highest BCUT2D eigenvalue weighted by Crippen LogP contribution is 2.27. The molecule has 1 saturated heterocycles. The molecule has 1 aromatic carbocycles. The molecule has 4 rings (SSSR count). The van der Waals surface area contributed by atoms with Gasteiger partial charge in [0.15, 0.2) is 0 Å².